The maximum absolute atomic E-state index is 13.6. The van der Waals surface area contributed by atoms with E-state index in [-0.39, 0.29) is 27.1 Å². The zero-order valence-corrected chi connectivity index (χ0v) is 16.6. The summed E-state index contributed by atoms with van der Waals surface area (Å²) >= 11 is 2.56. The lowest BCUT2D eigenvalue weighted by molar-refractivity contribution is -0.165. The summed E-state index contributed by atoms with van der Waals surface area (Å²) in [4.78, 5) is 40.0. The van der Waals surface area contributed by atoms with Crippen molar-refractivity contribution in [1.29, 1.82) is 0 Å². The molecule has 5 bridgehead atoms. The van der Waals surface area contributed by atoms with Gasteiger partial charge in [-0.3, -0.25) is 19.3 Å². The van der Waals surface area contributed by atoms with Crippen LogP contribution in [0.2, 0.25) is 0 Å². The van der Waals surface area contributed by atoms with Crippen LogP contribution in [0.1, 0.15) is 26.2 Å². The van der Waals surface area contributed by atoms with Gasteiger partial charge in [0.05, 0.1) is 13.2 Å². The van der Waals surface area contributed by atoms with Crippen LogP contribution in [0.4, 0.5) is 0 Å². The van der Waals surface area contributed by atoms with Gasteiger partial charge in [-0.1, -0.05) is 35.6 Å². The monoisotopic (exact) mass is 458 g/mol. The van der Waals surface area contributed by atoms with Crippen molar-refractivity contribution in [2.24, 2.45) is 28.9 Å². The third-order valence-electron chi connectivity index (χ3n) is 6.94. The molecular weight excluding hydrogens is 435 g/mol. The Morgan fingerprint density at radius 3 is 2.76 bits per heavy atom. The third-order valence-corrected chi connectivity index (χ3v) is 8.89. The van der Waals surface area contributed by atoms with Gasteiger partial charge >= 0.3 is 5.97 Å². The molecule has 4 fully saturated rings. The Balaban J connectivity index is 1.85. The van der Waals surface area contributed by atoms with E-state index >= 15 is 0 Å². The van der Waals surface area contributed by atoms with E-state index in [2.05, 4.69) is 34.4 Å². The second-order valence-corrected chi connectivity index (χ2v) is 10.1. The van der Waals surface area contributed by atoms with Crippen molar-refractivity contribution in [2.45, 2.75) is 41.7 Å². The first kappa shape index (κ1) is 17.5. The largest absolute Gasteiger partial charge is 0.468 e. The molecule has 7 heteroatoms. The Morgan fingerprint density at radius 2 is 2.12 bits per heavy atom. The van der Waals surface area contributed by atoms with Crippen molar-refractivity contribution in [3.8, 4) is 0 Å². The van der Waals surface area contributed by atoms with Gasteiger partial charge in [0.25, 0.3) is 0 Å². The molecule has 1 aliphatic carbocycles. The lowest BCUT2D eigenvalue weighted by Crippen LogP contribution is -2.64. The number of carbonyl (C=O) groups is 3. The first-order valence-corrected chi connectivity index (χ1v) is 9.89. The summed E-state index contributed by atoms with van der Waals surface area (Å²) in [6, 6.07) is 0.144. The van der Waals surface area contributed by atoms with Crippen LogP contribution in [-0.2, 0) is 19.1 Å². The van der Waals surface area contributed by atoms with Crippen molar-refractivity contribution < 1.29 is 19.1 Å². The van der Waals surface area contributed by atoms with E-state index in [1.165, 1.54) is 13.2 Å². The van der Waals surface area contributed by atoms with Gasteiger partial charge in [-0.25, -0.2) is 0 Å². The molecule has 0 aromatic carbocycles. The Labute approximate surface area is 160 Å². The van der Waals surface area contributed by atoms with Crippen molar-refractivity contribution in [3.05, 3.63) is 12.2 Å². The number of methoxy groups -OCH3 is 1. The highest BCUT2D eigenvalue weighted by molar-refractivity contribution is 14.1. The highest BCUT2D eigenvalue weighted by Gasteiger charge is 2.74. The van der Waals surface area contributed by atoms with E-state index in [4.69, 9.17) is 10.5 Å². The first-order chi connectivity index (χ1) is 11.8. The molecule has 1 saturated carbocycles. The van der Waals surface area contributed by atoms with Crippen LogP contribution < -0.4 is 5.73 Å². The molecular formula is C18H23IN2O4. The topological polar surface area (TPSA) is 89.7 Å². The number of nitrogens with zero attached hydrogens (tertiary/aromatic N) is 1. The minimum atomic E-state index is -1.38. The molecule has 4 rings (SSSR count). The van der Waals surface area contributed by atoms with Crippen LogP contribution >= 0.6 is 22.6 Å². The molecule has 2 N–H and O–H groups in total. The van der Waals surface area contributed by atoms with Crippen LogP contribution in [0.3, 0.4) is 0 Å². The molecule has 0 aromatic rings. The van der Waals surface area contributed by atoms with Crippen molar-refractivity contribution in [2.75, 3.05) is 13.7 Å². The molecule has 6 nitrogen and oxygen atoms in total. The highest BCUT2D eigenvalue weighted by Crippen LogP contribution is 2.65. The second-order valence-electron chi connectivity index (χ2n) is 8.13. The number of fused-ring (bicyclic) bond motifs is 2. The number of halogens is 1. The quantitative estimate of drug-likeness (QED) is 0.225. The maximum Gasteiger partial charge on any atom is 0.323 e. The van der Waals surface area contributed by atoms with E-state index < -0.39 is 17.3 Å². The summed E-state index contributed by atoms with van der Waals surface area (Å²) in [6.07, 6.45) is 5.51. The number of carbonyl (C=O) groups excluding carboxylic acids is 3. The number of primary amides is 1. The molecule has 0 aromatic heterocycles. The summed E-state index contributed by atoms with van der Waals surface area (Å²) < 4.78 is 5.05. The van der Waals surface area contributed by atoms with Gasteiger partial charge in [0.2, 0.25) is 5.91 Å². The second kappa shape index (κ2) is 5.52. The van der Waals surface area contributed by atoms with E-state index in [9.17, 15) is 14.4 Å². The minimum Gasteiger partial charge on any atom is -0.468 e. The summed E-state index contributed by atoms with van der Waals surface area (Å²) in [5.41, 5.74) is 3.88. The van der Waals surface area contributed by atoms with Gasteiger partial charge in [-0.05, 0) is 37.0 Å². The van der Waals surface area contributed by atoms with Crippen molar-refractivity contribution in [3.63, 3.8) is 0 Å². The Kier molecular flexibility index (Phi) is 3.85. The van der Waals surface area contributed by atoms with Crippen LogP contribution in [0.5, 0.6) is 0 Å². The van der Waals surface area contributed by atoms with Crippen molar-refractivity contribution in [1.82, 2.24) is 4.90 Å². The Bertz CT molecular complexity index is 695. The number of ether oxygens (including phenoxy) is 1. The molecule has 3 saturated heterocycles. The molecule has 136 valence electrons. The third kappa shape index (κ3) is 2.08. The molecule has 1 amide bonds. The van der Waals surface area contributed by atoms with Crippen molar-refractivity contribution >= 4 is 40.3 Å². The Morgan fingerprint density at radius 1 is 1.40 bits per heavy atom. The predicted molar refractivity (Wildman–Crippen MR) is 98.8 cm³/mol. The van der Waals surface area contributed by atoms with Gasteiger partial charge in [-0.2, -0.15) is 0 Å². The SMILES string of the molecule is COC(=O)[C@@]1(/C=C/C(N)=O)C(=O)C2[C@@H]3C[C@@H](C)C[C@H]4N2C[C@H]1C[C@@]34I. The van der Waals surface area contributed by atoms with Gasteiger partial charge in [0.15, 0.2) is 11.2 Å². The van der Waals surface area contributed by atoms with E-state index in [1.54, 1.807) is 0 Å². The zero-order chi connectivity index (χ0) is 18.1. The number of alkyl halides is 1. The highest BCUT2D eigenvalue weighted by atomic mass is 127. The number of hydrogen-bond acceptors (Lipinski definition) is 5. The average molecular weight is 458 g/mol. The van der Waals surface area contributed by atoms with Crippen LogP contribution in [-0.4, -0.2) is 51.7 Å². The Hall–Kier alpha value is -0.960. The van der Waals surface area contributed by atoms with E-state index in [0.717, 1.165) is 25.3 Å². The summed E-state index contributed by atoms with van der Waals surface area (Å²) in [5.74, 6) is -0.651. The number of ketones is 1. The standard InChI is InChI=1S/C18H23IN2O4/c1-9-5-11-14-15(23)17(16(24)25-2,4-3-13(20)22)10-7-18(11,19)12(6-9)21(14)8-10/h3-4,9-12,14H,5-8H2,1-2H3,(H2,20,22)/b4-3+/t9-,10-,11+,12-,14?,17-,18-/m1/s1. The number of rotatable bonds is 3. The van der Waals surface area contributed by atoms with Crippen LogP contribution in [0.25, 0.3) is 0 Å². The lowest BCUT2D eigenvalue weighted by atomic mass is 9.64. The molecule has 3 aliphatic heterocycles. The smallest absolute Gasteiger partial charge is 0.323 e. The van der Waals surface area contributed by atoms with Crippen LogP contribution in [0, 0.1) is 23.2 Å². The lowest BCUT2D eigenvalue weighted by Gasteiger charge is -2.52. The molecule has 25 heavy (non-hydrogen) atoms. The summed E-state index contributed by atoms with van der Waals surface area (Å²) in [5, 5.41) is 0. The number of Topliss-reactive ketones (excluding diaryl/α,β-unsaturated/α-hetero) is 1. The van der Waals surface area contributed by atoms with Gasteiger partial charge < -0.3 is 10.5 Å². The minimum absolute atomic E-state index is 0.0177. The predicted octanol–water partition coefficient (Wildman–Crippen LogP) is 1.06. The van der Waals surface area contributed by atoms with Gasteiger partial charge in [0.1, 0.15) is 0 Å². The maximum atomic E-state index is 13.6. The number of hydrogen-bond donors (Lipinski definition) is 1. The summed E-state index contributed by atoms with van der Waals surface area (Å²) in [6.45, 7) is 2.95. The molecule has 0 spiro atoms. The fourth-order valence-electron chi connectivity index (χ4n) is 6.02. The fraction of sp³-hybridized carbons (Fsp3) is 0.722. The average Bonchev–Trinajstić information content (AvgIpc) is 2.69. The van der Waals surface area contributed by atoms with E-state index in [0.29, 0.717) is 18.5 Å². The number of piperidine rings is 2. The van der Waals surface area contributed by atoms with E-state index in [1.807, 2.05) is 0 Å². The van der Waals surface area contributed by atoms with Gasteiger partial charge in [0, 0.05) is 22.1 Å². The molecule has 0 radical (unpaired) electrons. The number of nitrogens with two attached hydrogens (primary N) is 1. The van der Waals surface area contributed by atoms with Gasteiger partial charge in [-0.15, -0.1) is 0 Å². The molecule has 2 unspecified atom stereocenters. The zero-order valence-electron chi connectivity index (χ0n) is 14.4. The van der Waals surface area contributed by atoms with Crippen LogP contribution in [0.15, 0.2) is 12.2 Å². The molecule has 3 heterocycles. The number of amides is 1. The summed E-state index contributed by atoms with van der Waals surface area (Å²) in [7, 11) is 1.30. The normalized spacial score (nSPS) is 50.3. The molecule has 8 atom stereocenters. The first-order valence-electron chi connectivity index (χ1n) is 8.81. The molecule has 4 aliphatic rings. The fourth-order valence-corrected chi connectivity index (χ4v) is 7.76. The number of esters is 1.